The third kappa shape index (κ3) is 5.89. The second-order valence-electron chi connectivity index (χ2n) is 5.86. The summed E-state index contributed by atoms with van der Waals surface area (Å²) in [5.41, 5.74) is 1.32. The van der Waals surface area contributed by atoms with Crippen LogP contribution >= 0.6 is 11.3 Å². The molecule has 29 heavy (non-hydrogen) atoms. The molecule has 154 valence electrons. The molecule has 0 saturated carbocycles. The van der Waals surface area contributed by atoms with E-state index in [-0.39, 0.29) is 12.4 Å². The van der Waals surface area contributed by atoms with Crippen molar-refractivity contribution in [2.45, 2.75) is 20.8 Å². The van der Waals surface area contributed by atoms with Crippen LogP contribution in [0.15, 0.2) is 24.3 Å². The van der Waals surface area contributed by atoms with Gasteiger partial charge in [-0.1, -0.05) is 12.1 Å². The van der Waals surface area contributed by atoms with Crippen LogP contribution in [0.5, 0.6) is 5.75 Å². The van der Waals surface area contributed by atoms with Crippen molar-refractivity contribution in [2.24, 2.45) is 0 Å². The van der Waals surface area contributed by atoms with Gasteiger partial charge in [0.1, 0.15) is 10.8 Å². The van der Waals surface area contributed by atoms with Gasteiger partial charge in [-0.2, -0.15) is 0 Å². The molecule has 2 aromatic rings. The second kappa shape index (κ2) is 10.4. The van der Waals surface area contributed by atoms with E-state index < -0.39 is 31.1 Å². The monoisotopic (exact) mass is 419 g/mol. The molecule has 0 fully saturated rings. The summed E-state index contributed by atoms with van der Waals surface area (Å²) in [6.07, 6.45) is 0.611. The number of hydrogen-bond donors (Lipinski definition) is 1. The lowest BCUT2D eigenvalue weighted by Crippen LogP contribution is -2.24. The number of aldehydes is 1. The van der Waals surface area contributed by atoms with Crippen LogP contribution in [0, 0.1) is 13.8 Å². The summed E-state index contributed by atoms with van der Waals surface area (Å²) in [4.78, 5) is 47.8. The molecule has 9 heteroatoms. The van der Waals surface area contributed by atoms with E-state index in [9.17, 15) is 19.2 Å². The Balaban J connectivity index is 1.90. The molecule has 1 aromatic heterocycles. The highest BCUT2D eigenvalue weighted by Crippen LogP contribution is 2.33. The summed E-state index contributed by atoms with van der Waals surface area (Å²) < 4.78 is 15.1. The zero-order valence-electron chi connectivity index (χ0n) is 16.3. The first-order chi connectivity index (χ1) is 13.9. The van der Waals surface area contributed by atoms with Crippen LogP contribution in [0.4, 0.5) is 5.00 Å². The van der Waals surface area contributed by atoms with Crippen molar-refractivity contribution in [2.75, 3.05) is 25.1 Å². The second-order valence-corrected chi connectivity index (χ2v) is 7.09. The van der Waals surface area contributed by atoms with E-state index in [4.69, 9.17) is 14.2 Å². The molecular formula is C20H21NO7S. The SMILES string of the molecule is CCOC(=O)c1c(NC(=O)COC(=O)COc2ccccc2C=O)sc(C)c1C. The summed E-state index contributed by atoms with van der Waals surface area (Å²) >= 11 is 1.24. The van der Waals surface area contributed by atoms with Gasteiger partial charge in [0, 0.05) is 4.88 Å². The number of aryl methyl sites for hydroxylation is 1. The largest absolute Gasteiger partial charge is 0.481 e. The van der Waals surface area contributed by atoms with E-state index in [2.05, 4.69) is 5.32 Å². The molecule has 1 heterocycles. The van der Waals surface area contributed by atoms with Gasteiger partial charge in [-0.25, -0.2) is 9.59 Å². The van der Waals surface area contributed by atoms with E-state index >= 15 is 0 Å². The molecular weight excluding hydrogens is 398 g/mol. The van der Waals surface area contributed by atoms with E-state index in [1.807, 2.05) is 6.92 Å². The Labute approximate surface area is 171 Å². The van der Waals surface area contributed by atoms with Gasteiger partial charge in [-0.3, -0.25) is 9.59 Å². The maximum atomic E-state index is 12.1. The minimum absolute atomic E-state index is 0.214. The van der Waals surface area contributed by atoms with Gasteiger partial charge in [0.2, 0.25) is 0 Å². The van der Waals surface area contributed by atoms with Crippen molar-refractivity contribution in [3.63, 3.8) is 0 Å². The first-order valence-corrected chi connectivity index (χ1v) is 9.58. The van der Waals surface area contributed by atoms with Crippen molar-refractivity contribution < 1.29 is 33.4 Å². The Hall–Kier alpha value is -3.20. The van der Waals surface area contributed by atoms with Crippen LogP contribution in [-0.4, -0.2) is 44.0 Å². The molecule has 1 amide bonds. The van der Waals surface area contributed by atoms with Gasteiger partial charge >= 0.3 is 11.9 Å². The summed E-state index contributed by atoms with van der Waals surface area (Å²) in [7, 11) is 0. The van der Waals surface area contributed by atoms with Gasteiger partial charge < -0.3 is 19.5 Å². The van der Waals surface area contributed by atoms with E-state index in [0.29, 0.717) is 22.4 Å². The van der Waals surface area contributed by atoms with Crippen LogP contribution in [-0.2, 0) is 19.1 Å². The highest BCUT2D eigenvalue weighted by molar-refractivity contribution is 7.16. The van der Waals surface area contributed by atoms with Gasteiger partial charge in [0.05, 0.1) is 17.7 Å². The molecule has 1 N–H and O–H groups in total. The smallest absolute Gasteiger partial charge is 0.344 e. The maximum Gasteiger partial charge on any atom is 0.344 e. The number of amides is 1. The van der Waals surface area contributed by atoms with Gasteiger partial charge in [-0.15, -0.1) is 11.3 Å². The third-order valence-electron chi connectivity index (χ3n) is 3.87. The molecule has 0 atom stereocenters. The average Bonchev–Trinajstić information content (AvgIpc) is 2.98. The molecule has 0 spiro atoms. The fourth-order valence-electron chi connectivity index (χ4n) is 2.36. The topological polar surface area (TPSA) is 108 Å². The average molecular weight is 419 g/mol. The van der Waals surface area contributed by atoms with E-state index in [1.165, 1.54) is 11.3 Å². The van der Waals surface area contributed by atoms with Crippen molar-refractivity contribution in [3.8, 4) is 5.75 Å². The lowest BCUT2D eigenvalue weighted by Gasteiger charge is -2.09. The minimum atomic E-state index is -0.773. The fraction of sp³-hybridized carbons (Fsp3) is 0.300. The molecule has 0 bridgehead atoms. The first-order valence-electron chi connectivity index (χ1n) is 8.76. The lowest BCUT2D eigenvalue weighted by molar-refractivity contribution is -0.149. The quantitative estimate of drug-likeness (QED) is 0.492. The molecule has 8 nitrogen and oxygen atoms in total. The van der Waals surface area contributed by atoms with Crippen LogP contribution in [0.1, 0.15) is 38.1 Å². The molecule has 0 aliphatic carbocycles. The Morgan fingerprint density at radius 1 is 1.10 bits per heavy atom. The number of thiophene rings is 1. The predicted octanol–water partition coefficient (Wildman–Crippen LogP) is 2.91. The third-order valence-corrected chi connectivity index (χ3v) is 5.00. The number of anilines is 1. The zero-order chi connectivity index (χ0) is 21.4. The summed E-state index contributed by atoms with van der Waals surface area (Å²) in [5.74, 6) is -1.65. The number of carbonyl (C=O) groups is 4. The Morgan fingerprint density at radius 3 is 2.52 bits per heavy atom. The Bertz CT molecular complexity index is 920. The van der Waals surface area contributed by atoms with Gasteiger partial charge in [-0.05, 0) is 38.5 Å². The number of para-hydroxylation sites is 1. The number of benzene rings is 1. The number of nitrogens with one attached hydrogen (secondary N) is 1. The molecule has 0 saturated heterocycles. The van der Waals surface area contributed by atoms with Crippen molar-refractivity contribution in [1.82, 2.24) is 0 Å². The highest BCUT2D eigenvalue weighted by Gasteiger charge is 2.22. The standard InChI is InChI=1S/C20H21NO7S/c1-4-26-20(25)18-12(2)13(3)29-19(18)21-16(23)10-28-17(24)11-27-15-8-6-5-7-14(15)9-22/h5-9H,4,10-11H2,1-3H3,(H,21,23). The van der Waals surface area contributed by atoms with Crippen LogP contribution in [0.3, 0.4) is 0 Å². The van der Waals surface area contributed by atoms with Crippen LogP contribution in [0.25, 0.3) is 0 Å². The van der Waals surface area contributed by atoms with Gasteiger partial charge in [0.15, 0.2) is 19.5 Å². The first kappa shape index (κ1) is 22.1. The molecule has 2 rings (SSSR count). The van der Waals surface area contributed by atoms with E-state index in [0.717, 1.165) is 10.4 Å². The molecule has 1 aromatic carbocycles. The van der Waals surface area contributed by atoms with Crippen molar-refractivity contribution in [1.29, 1.82) is 0 Å². The minimum Gasteiger partial charge on any atom is -0.481 e. The molecule has 0 unspecified atom stereocenters. The number of esters is 2. The van der Waals surface area contributed by atoms with Crippen molar-refractivity contribution in [3.05, 3.63) is 45.8 Å². The number of hydrogen-bond acceptors (Lipinski definition) is 8. The number of rotatable bonds is 9. The Morgan fingerprint density at radius 2 is 1.83 bits per heavy atom. The predicted molar refractivity (Wildman–Crippen MR) is 107 cm³/mol. The van der Waals surface area contributed by atoms with Crippen LogP contribution in [0.2, 0.25) is 0 Å². The molecule has 0 aliphatic rings. The van der Waals surface area contributed by atoms with Gasteiger partial charge in [0.25, 0.3) is 5.91 Å². The summed E-state index contributed by atoms with van der Waals surface area (Å²) in [6, 6.07) is 6.42. The maximum absolute atomic E-state index is 12.1. The highest BCUT2D eigenvalue weighted by atomic mass is 32.1. The zero-order valence-corrected chi connectivity index (χ0v) is 17.1. The number of ether oxygens (including phenoxy) is 3. The fourth-order valence-corrected chi connectivity index (χ4v) is 3.43. The molecule has 0 aliphatic heterocycles. The van der Waals surface area contributed by atoms with Crippen molar-refractivity contribution >= 4 is 40.5 Å². The normalized spacial score (nSPS) is 10.2. The lowest BCUT2D eigenvalue weighted by atomic mass is 10.1. The number of carbonyl (C=O) groups excluding carboxylic acids is 4. The summed E-state index contributed by atoms with van der Waals surface area (Å²) in [6.45, 7) is 4.50. The Kier molecular flexibility index (Phi) is 7.90. The van der Waals surface area contributed by atoms with Crippen LogP contribution < -0.4 is 10.1 Å². The summed E-state index contributed by atoms with van der Waals surface area (Å²) in [5, 5.41) is 2.92. The molecule has 0 radical (unpaired) electrons. The van der Waals surface area contributed by atoms with E-state index in [1.54, 1.807) is 38.1 Å².